The number of carbonyl (C=O) groups excluding carboxylic acids is 2. The molecule has 0 aliphatic carbocycles. The number of benzene rings is 1. The van der Waals surface area contributed by atoms with Crippen molar-refractivity contribution in [3.63, 3.8) is 0 Å². The molecule has 2 N–H and O–H groups in total. The maximum atomic E-state index is 11.8. The van der Waals surface area contributed by atoms with Crippen LogP contribution < -0.4 is 10.2 Å². The van der Waals surface area contributed by atoms with Gasteiger partial charge < -0.3 is 5.11 Å². The van der Waals surface area contributed by atoms with E-state index in [1.807, 2.05) is 0 Å². The normalized spacial score (nSPS) is 15.9. The Bertz CT molecular complexity index is 692. The first-order valence-corrected chi connectivity index (χ1v) is 5.84. The van der Waals surface area contributed by atoms with Gasteiger partial charge in [0.1, 0.15) is 11.3 Å². The third kappa shape index (κ3) is 1.70. The van der Waals surface area contributed by atoms with Crippen molar-refractivity contribution in [1.82, 2.24) is 15.1 Å². The van der Waals surface area contributed by atoms with Gasteiger partial charge in [-0.1, -0.05) is 6.07 Å². The van der Waals surface area contributed by atoms with Gasteiger partial charge in [0.15, 0.2) is 5.82 Å². The Morgan fingerprint density at radius 2 is 2.16 bits per heavy atom. The van der Waals surface area contributed by atoms with Crippen LogP contribution in [0, 0.1) is 0 Å². The summed E-state index contributed by atoms with van der Waals surface area (Å²) in [5.41, 5.74) is 0.558. The van der Waals surface area contributed by atoms with E-state index in [-0.39, 0.29) is 24.6 Å². The van der Waals surface area contributed by atoms with E-state index >= 15 is 0 Å². The molecule has 1 aromatic heterocycles. The number of hydrogen-bond donors (Lipinski definition) is 2. The summed E-state index contributed by atoms with van der Waals surface area (Å²) >= 11 is 0. The van der Waals surface area contributed by atoms with Gasteiger partial charge in [-0.2, -0.15) is 5.10 Å². The van der Waals surface area contributed by atoms with Crippen molar-refractivity contribution < 1.29 is 14.7 Å². The fourth-order valence-corrected chi connectivity index (χ4v) is 2.26. The molecule has 2 aromatic rings. The van der Waals surface area contributed by atoms with Crippen molar-refractivity contribution in [1.29, 1.82) is 0 Å². The number of hydrogen-bond acceptors (Lipinski definition) is 4. The Hall–Kier alpha value is -2.57. The monoisotopic (exact) mass is 260 g/mol. The number of phenolic OH excluding ortho intramolecular Hbond substituents is 1. The van der Waals surface area contributed by atoms with Crippen LogP contribution in [0.4, 0.5) is 10.6 Å². The van der Waals surface area contributed by atoms with Gasteiger partial charge in [-0.05, 0) is 12.1 Å². The number of amides is 3. The third-order valence-electron chi connectivity index (χ3n) is 3.13. The molecule has 1 aromatic carbocycles. The Balaban J connectivity index is 2.13. The van der Waals surface area contributed by atoms with Crippen molar-refractivity contribution in [2.45, 2.75) is 6.42 Å². The van der Waals surface area contributed by atoms with Crippen LogP contribution in [0.2, 0.25) is 0 Å². The molecule has 98 valence electrons. The smallest absolute Gasteiger partial charge is 0.329 e. The summed E-state index contributed by atoms with van der Waals surface area (Å²) < 4.78 is 1.52. The van der Waals surface area contributed by atoms with E-state index in [0.717, 1.165) is 0 Å². The highest BCUT2D eigenvalue weighted by Crippen LogP contribution is 2.31. The highest BCUT2D eigenvalue weighted by Gasteiger charge is 2.28. The van der Waals surface area contributed by atoms with Gasteiger partial charge in [0, 0.05) is 25.4 Å². The zero-order valence-electron chi connectivity index (χ0n) is 10.3. The Labute approximate surface area is 108 Å². The lowest BCUT2D eigenvalue weighted by Crippen LogP contribution is -2.49. The van der Waals surface area contributed by atoms with Gasteiger partial charge in [0.05, 0.1) is 0 Å². The van der Waals surface area contributed by atoms with E-state index in [2.05, 4.69) is 10.4 Å². The number of imide groups is 1. The van der Waals surface area contributed by atoms with Crippen molar-refractivity contribution in [3.05, 3.63) is 18.2 Å². The van der Waals surface area contributed by atoms with E-state index in [1.165, 1.54) is 9.58 Å². The number of nitrogens with one attached hydrogen (secondary N) is 1. The van der Waals surface area contributed by atoms with Crippen molar-refractivity contribution in [2.75, 3.05) is 11.4 Å². The standard InChI is InChI=1S/C12H12N4O3/c1-15-10-7(3-2-4-8(10)17)11(14-15)16-6-5-9(18)13-12(16)19/h2-4,17H,5-6H2,1H3,(H,13,18,19). The van der Waals surface area contributed by atoms with Crippen LogP contribution in [-0.2, 0) is 11.8 Å². The SMILES string of the molecule is Cn1nc(N2CCC(=O)NC2=O)c2cccc(O)c21. The topological polar surface area (TPSA) is 87.5 Å². The number of para-hydroxylation sites is 1. The van der Waals surface area contributed by atoms with Crippen LogP contribution in [-0.4, -0.2) is 33.4 Å². The number of urea groups is 1. The summed E-state index contributed by atoms with van der Waals surface area (Å²) in [5.74, 6) is 0.259. The van der Waals surface area contributed by atoms with Crippen molar-refractivity contribution in [3.8, 4) is 5.75 Å². The number of anilines is 1. The van der Waals surface area contributed by atoms with Gasteiger partial charge in [-0.3, -0.25) is 19.7 Å². The second-order valence-corrected chi connectivity index (χ2v) is 4.38. The largest absolute Gasteiger partial charge is 0.506 e. The average molecular weight is 260 g/mol. The molecular formula is C12H12N4O3. The summed E-state index contributed by atoms with van der Waals surface area (Å²) in [6, 6.07) is 4.55. The predicted octanol–water partition coefficient (Wildman–Crippen LogP) is 0.725. The molecule has 2 heterocycles. The molecule has 7 heteroatoms. The van der Waals surface area contributed by atoms with Gasteiger partial charge in [0.25, 0.3) is 0 Å². The first kappa shape index (κ1) is 11.5. The second-order valence-electron chi connectivity index (χ2n) is 4.38. The lowest BCUT2D eigenvalue weighted by Gasteiger charge is -2.24. The quantitative estimate of drug-likeness (QED) is 0.791. The van der Waals surface area contributed by atoms with Crippen LogP contribution >= 0.6 is 0 Å². The highest BCUT2D eigenvalue weighted by atomic mass is 16.3. The summed E-state index contributed by atoms with van der Waals surface area (Å²) in [4.78, 5) is 24.4. The summed E-state index contributed by atoms with van der Waals surface area (Å²) in [6.07, 6.45) is 0.239. The number of nitrogens with zero attached hydrogens (tertiary/aromatic N) is 3. The van der Waals surface area contributed by atoms with E-state index in [1.54, 1.807) is 25.2 Å². The maximum Gasteiger partial charge on any atom is 0.329 e. The van der Waals surface area contributed by atoms with Gasteiger partial charge in [-0.25, -0.2) is 4.79 Å². The van der Waals surface area contributed by atoms with E-state index in [0.29, 0.717) is 16.7 Å². The third-order valence-corrected chi connectivity index (χ3v) is 3.13. The number of fused-ring (bicyclic) bond motifs is 1. The highest BCUT2D eigenvalue weighted by molar-refractivity contribution is 6.09. The summed E-state index contributed by atoms with van der Waals surface area (Å²) in [6.45, 7) is 0.284. The van der Waals surface area contributed by atoms with Crippen LogP contribution in [0.1, 0.15) is 6.42 Å². The Kier molecular flexibility index (Phi) is 2.41. The molecular weight excluding hydrogens is 248 g/mol. The maximum absolute atomic E-state index is 11.8. The molecule has 1 fully saturated rings. The predicted molar refractivity (Wildman–Crippen MR) is 67.9 cm³/mol. The molecule has 3 rings (SSSR count). The Morgan fingerprint density at radius 3 is 2.89 bits per heavy atom. The zero-order valence-corrected chi connectivity index (χ0v) is 10.3. The number of carbonyl (C=O) groups is 2. The first-order chi connectivity index (χ1) is 9.08. The Morgan fingerprint density at radius 1 is 1.37 bits per heavy atom. The molecule has 0 spiro atoms. The van der Waals surface area contributed by atoms with Gasteiger partial charge in [-0.15, -0.1) is 0 Å². The molecule has 3 amide bonds. The number of aryl methyl sites for hydroxylation is 1. The minimum Gasteiger partial charge on any atom is -0.506 e. The average Bonchev–Trinajstić information content (AvgIpc) is 2.68. The fourth-order valence-electron chi connectivity index (χ4n) is 2.26. The molecule has 0 saturated carbocycles. The minimum atomic E-state index is -0.486. The molecule has 1 saturated heterocycles. The van der Waals surface area contributed by atoms with Gasteiger partial charge in [0.2, 0.25) is 5.91 Å². The first-order valence-electron chi connectivity index (χ1n) is 5.84. The van der Waals surface area contributed by atoms with E-state index < -0.39 is 6.03 Å². The molecule has 7 nitrogen and oxygen atoms in total. The number of phenols is 1. The number of aromatic hydroxyl groups is 1. The number of aromatic nitrogens is 2. The lowest BCUT2D eigenvalue weighted by atomic mass is 10.2. The molecule has 1 aliphatic heterocycles. The molecule has 0 unspecified atom stereocenters. The van der Waals surface area contributed by atoms with E-state index in [4.69, 9.17) is 0 Å². The molecule has 0 atom stereocenters. The lowest BCUT2D eigenvalue weighted by molar-refractivity contribution is -0.120. The van der Waals surface area contributed by atoms with E-state index in [9.17, 15) is 14.7 Å². The molecule has 0 bridgehead atoms. The zero-order chi connectivity index (χ0) is 13.6. The molecule has 1 aliphatic rings. The van der Waals surface area contributed by atoms with Crippen molar-refractivity contribution in [2.24, 2.45) is 7.05 Å². The molecule has 0 radical (unpaired) electrons. The van der Waals surface area contributed by atoms with Crippen molar-refractivity contribution >= 4 is 28.7 Å². The van der Waals surface area contributed by atoms with Crippen LogP contribution in [0.25, 0.3) is 10.9 Å². The summed E-state index contributed by atoms with van der Waals surface area (Å²) in [7, 11) is 1.69. The minimum absolute atomic E-state index is 0.104. The molecule has 19 heavy (non-hydrogen) atoms. The van der Waals surface area contributed by atoms with Crippen LogP contribution in [0.5, 0.6) is 5.75 Å². The van der Waals surface area contributed by atoms with Crippen LogP contribution in [0.3, 0.4) is 0 Å². The van der Waals surface area contributed by atoms with Crippen LogP contribution in [0.15, 0.2) is 18.2 Å². The fraction of sp³-hybridized carbons (Fsp3) is 0.250. The summed E-state index contributed by atoms with van der Waals surface area (Å²) in [5, 5.41) is 17.0. The second kappa shape index (κ2) is 3.98. The number of rotatable bonds is 1. The van der Waals surface area contributed by atoms with Gasteiger partial charge >= 0.3 is 6.03 Å².